The Bertz CT molecular complexity index is 717. The van der Waals surface area contributed by atoms with Gasteiger partial charge in [-0.05, 0) is 18.2 Å². The van der Waals surface area contributed by atoms with Crippen molar-refractivity contribution in [3.05, 3.63) is 41.1 Å². The van der Waals surface area contributed by atoms with E-state index in [1.54, 1.807) is 0 Å². The van der Waals surface area contributed by atoms with Crippen LogP contribution in [0.2, 0.25) is 0 Å². The number of hydrogen-bond donors (Lipinski definition) is 2. The maximum absolute atomic E-state index is 12.9. The number of H-pyrrole nitrogens is 1. The lowest BCUT2D eigenvalue weighted by Gasteiger charge is -2.14. The summed E-state index contributed by atoms with van der Waals surface area (Å²) in [5.74, 6) is -1.46. The molecular formula is C12H6F6N2O2. The fourth-order valence-electron chi connectivity index (χ4n) is 1.75. The highest BCUT2D eigenvalue weighted by molar-refractivity contribution is 5.87. The van der Waals surface area contributed by atoms with Crippen molar-refractivity contribution in [2.45, 2.75) is 12.4 Å². The first kappa shape index (κ1) is 15.9. The van der Waals surface area contributed by atoms with Gasteiger partial charge in [-0.2, -0.15) is 31.4 Å². The molecule has 1 aromatic carbocycles. The Balaban J connectivity index is 2.62. The van der Waals surface area contributed by atoms with E-state index in [4.69, 9.17) is 5.11 Å². The highest BCUT2D eigenvalue weighted by atomic mass is 19.4. The Labute approximate surface area is 118 Å². The van der Waals surface area contributed by atoms with E-state index in [0.717, 1.165) is 6.07 Å². The van der Waals surface area contributed by atoms with Crippen molar-refractivity contribution in [3.63, 3.8) is 0 Å². The van der Waals surface area contributed by atoms with E-state index < -0.39 is 46.4 Å². The molecule has 1 aromatic heterocycles. The monoisotopic (exact) mass is 324 g/mol. The number of aromatic carboxylic acids is 1. The quantitative estimate of drug-likeness (QED) is 0.826. The van der Waals surface area contributed by atoms with Crippen LogP contribution in [0.3, 0.4) is 0 Å². The summed E-state index contributed by atoms with van der Waals surface area (Å²) in [6.07, 6.45) is -9.99. The van der Waals surface area contributed by atoms with Crippen LogP contribution in [0, 0.1) is 0 Å². The number of carbonyl (C=O) groups is 1. The van der Waals surface area contributed by atoms with Crippen molar-refractivity contribution < 1.29 is 36.2 Å². The van der Waals surface area contributed by atoms with Gasteiger partial charge in [-0.25, -0.2) is 4.79 Å². The second-order valence-electron chi connectivity index (χ2n) is 4.23. The van der Waals surface area contributed by atoms with Crippen LogP contribution in [0.25, 0.3) is 11.3 Å². The lowest BCUT2D eigenvalue weighted by molar-refractivity contribution is -0.142. The minimum atomic E-state index is -5.06. The average molecular weight is 324 g/mol. The number of carboxylic acid groups (broad SMARTS) is 1. The number of halogens is 6. The van der Waals surface area contributed by atoms with Crippen LogP contribution >= 0.6 is 0 Å². The molecule has 2 aromatic rings. The number of nitrogens with one attached hydrogen (secondary N) is 1. The normalized spacial score (nSPS) is 12.5. The molecule has 0 atom stereocenters. The largest absolute Gasteiger partial charge is 0.477 e. The molecular weight excluding hydrogens is 318 g/mol. The van der Waals surface area contributed by atoms with Gasteiger partial charge in [-0.3, -0.25) is 5.10 Å². The van der Waals surface area contributed by atoms with Crippen molar-refractivity contribution >= 4 is 5.97 Å². The van der Waals surface area contributed by atoms with Gasteiger partial charge >= 0.3 is 18.3 Å². The molecule has 0 spiro atoms. The van der Waals surface area contributed by atoms with Crippen LogP contribution in [0.1, 0.15) is 21.6 Å². The number of hydrogen-bond acceptors (Lipinski definition) is 2. The predicted octanol–water partition coefficient (Wildman–Crippen LogP) is 3.81. The minimum Gasteiger partial charge on any atom is -0.477 e. The highest BCUT2D eigenvalue weighted by Gasteiger charge is 2.38. The maximum atomic E-state index is 12.9. The number of alkyl halides is 6. The fraction of sp³-hybridized carbons (Fsp3) is 0.167. The third-order valence-corrected chi connectivity index (χ3v) is 2.74. The summed E-state index contributed by atoms with van der Waals surface area (Å²) in [5.41, 5.74) is -4.56. The number of aromatic nitrogens is 2. The molecule has 0 bridgehead atoms. The van der Waals surface area contributed by atoms with Gasteiger partial charge in [0.05, 0.1) is 16.8 Å². The molecule has 10 heteroatoms. The summed E-state index contributed by atoms with van der Waals surface area (Å²) in [6.45, 7) is 0. The van der Waals surface area contributed by atoms with Crippen molar-refractivity contribution in [2.75, 3.05) is 0 Å². The number of rotatable bonds is 2. The van der Waals surface area contributed by atoms with Crippen molar-refractivity contribution in [1.29, 1.82) is 0 Å². The summed E-state index contributed by atoms with van der Waals surface area (Å²) in [7, 11) is 0. The van der Waals surface area contributed by atoms with E-state index >= 15 is 0 Å². The summed E-state index contributed by atoms with van der Waals surface area (Å²) >= 11 is 0. The molecule has 2 N–H and O–H groups in total. The molecule has 0 fully saturated rings. The van der Waals surface area contributed by atoms with Gasteiger partial charge in [0.15, 0.2) is 0 Å². The third kappa shape index (κ3) is 3.05. The lowest BCUT2D eigenvalue weighted by atomic mass is 10.0. The standard InChI is InChI=1S/C12H6F6N2O2/c13-11(14,15)5-1-2-6(7(3-5)12(16,17)18)8-4-9(10(21)22)20-19-8/h1-4H,(H,19,20)(H,21,22). The zero-order chi connectivity index (χ0) is 16.7. The summed E-state index contributed by atoms with van der Waals surface area (Å²) in [6, 6.07) is 1.85. The molecule has 0 saturated carbocycles. The molecule has 0 radical (unpaired) electrons. The van der Waals surface area contributed by atoms with Crippen LogP contribution < -0.4 is 0 Å². The summed E-state index contributed by atoms with van der Waals surface area (Å²) in [4.78, 5) is 10.7. The van der Waals surface area contributed by atoms with Gasteiger partial charge in [0.2, 0.25) is 0 Å². The van der Waals surface area contributed by atoms with Crippen LogP contribution in [0.4, 0.5) is 26.3 Å². The van der Waals surface area contributed by atoms with E-state index in [2.05, 4.69) is 5.10 Å². The summed E-state index contributed by atoms with van der Waals surface area (Å²) < 4.78 is 76.4. The van der Waals surface area contributed by atoms with E-state index in [1.165, 1.54) is 0 Å². The molecule has 118 valence electrons. The lowest BCUT2D eigenvalue weighted by Crippen LogP contribution is -2.12. The van der Waals surface area contributed by atoms with Crippen LogP contribution in [-0.4, -0.2) is 21.3 Å². The van der Waals surface area contributed by atoms with Gasteiger partial charge in [-0.15, -0.1) is 0 Å². The third-order valence-electron chi connectivity index (χ3n) is 2.74. The average Bonchev–Trinajstić information content (AvgIpc) is 2.85. The predicted molar refractivity (Wildman–Crippen MR) is 61.0 cm³/mol. The van der Waals surface area contributed by atoms with Gasteiger partial charge in [0.1, 0.15) is 5.69 Å². The molecule has 0 aliphatic heterocycles. The molecule has 0 unspecified atom stereocenters. The van der Waals surface area contributed by atoms with Gasteiger partial charge in [-0.1, -0.05) is 6.07 Å². The van der Waals surface area contributed by atoms with Crippen LogP contribution in [0.5, 0.6) is 0 Å². The van der Waals surface area contributed by atoms with E-state index in [-0.39, 0.29) is 6.07 Å². The Morgan fingerprint density at radius 1 is 1.05 bits per heavy atom. The van der Waals surface area contributed by atoms with Crippen molar-refractivity contribution in [1.82, 2.24) is 10.2 Å². The number of aromatic amines is 1. The van der Waals surface area contributed by atoms with E-state index in [0.29, 0.717) is 12.1 Å². The second kappa shape index (κ2) is 5.04. The Morgan fingerprint density at radius 3 is 2.14 bits per heavy atom. The Kier molecular flexibility index (Phi) is 3.63. The van der Waals surface area contributed by atoms with Gasteiger partial charge < -0.3 is 5.11 Å². The van der Waals surface area contributed by atoms with Gasteiger partial charge in [0, 0.05) is 5.56 Å². The first-order chi connectivity index (χ1) is 10.00. The SMILES string of the molecule is O=C(O)c1cc(-c2ccc(C(F)(F)F)cc2C(F)(F)F)n[nH]1. The van der Waals surface area contributed by atoms with Crippen molar-refractivity contribution in [2.24, 2.45) is 0 Å². The molecule has 2 rings (SSSR count). The number of nitrogens with zero attached hydrogens (tertiary/aromatic N) is 1. The molecule has 22 heavy (non-hydrogen) atoms. The molecule has 0 aliphatic carbocycles. The Hall–Kier alpha value is -2.52. The minimum absolute atomic E-state index is 0.0372. The zero-order valence-electron chi connectivity index (χ0n) is 10.4. The first-order valence-corrected chi connectivity index (χ1v) is 5.57. The summed E-state index contributed by atoms with van der Waals surface area (Å²) in [5, 5.41) is 14.1. The Morgan fingerprint density at radius 2 is 1.68 bits per heavy atom. The topological polar surface area (TPSA) is 66.0 Å². The van der Waals surface area contributed by atoms with Gasteiger partial charge in [0.25, 0.3) is 0 Å². The zero-order valence-corrected chi connectivity index (χ0v) is 10.4. The highest BCUT2D eigenvalue weighted by Crippen LogP contribution is 2.40. The first-order valence-electron chi connectivity index (χ1n) is 5.57. The smallest absolute Gasteiger partial charge is 0.417 e. The molecule has 4 nitrogen and oxygen atoms in total. The molecule has 0 aliphatic rings. The van der Waals surface area contributed by atoms with E-state index in [1.807, 2.05) is 5.10 Å². The molecule has 0 saturated heterocycles. The maximum Gasteiger partial charge on any atom is 0.417 e. The van der Waals surface area contributed by atoms with Crippen LogP contribution in [-0.2, 0) is 12.4 Å². The fourth-order valence-corrected chi connectivity index (χ4v) is 1.75. The van der Waals surface area contributed by atoms with E-state index in [9.17, 15) is 31.1 Å². The van der Waals surface area contributed by atoms with Crippen LogP contribution in [0.15, 0.2) is 24.3 Å². The number of benzene rings is 1. The second-order valence-corrected chi connectivity index (χ2v) is 4.23. The molecule has 1 heterocycles. The number of carboxylic acids is 1. The van der Waals surface area contributed by atoms with Crippen molar-refractivity contribution in [3.8, 4) is 11.3 Å². The molecule has 0 amide bonds.